The summed E-state index contributed by atoms with van der Waals surface area (Å²) in [4.78, 5) is 11.2. The van der Waals surface area contributed by atoms with Crippen LogP contribution in [-0.2, 0) is 9.53 Å². The molecule has 0 fully saturated rings. The second-order valence-corrected chi connectivity index (χ2v) is 4.66. The van der Waals surface area contributed by atoms with Crippen LogP contribution in [0.1, 0.15) is 6.92 Å². The van der Waals surface area contributed by atoms with Crippen LogP contribution < -0.4 is 4.74 Å². The monoisotopic (exact) mass is 282 g/mol. The van der Waals surface area contributed by atoms with E-state index in [9.17, 15) is 4.79 Å². The van der Waals surface area contributed by atoms with Gasteiger partial charge in [-0.25, -0.2) is 4.79 Å². The van der Waals surface area contributed by atoms with Crippen molar-refractivity contribution in [2.75, 3.05) is 13.2 Å². The zero-order chi connectivity index (χ0) is 15.1. The van der Waals surface area contributed by atoms with E-state index >= 15 is 0 Å². The van der Waals surface area contributed by atoms with Crippen LogP contribution in [0.15, 0.2) is 66.7 Å². The van der Waals surface area contributed by atoms with Crippen molar-refractivity contribution in [1.29, 1.82) is 0 Å². The van der Waals surface area contributed by atoms with Crippen LogP contribution in [0, 0.1) is 0 Å². The Kier molecular flexibility index (Phi) is 5.16. The van der Waals surface area contributed by atoms with Gasteiger partial charge in [0.15, 0.2) is 0 Å². The van der Waals surface area contributed by atoms with Gasteiger partial charge in [0.1, 0.15) is 19.0 Å². The third-order valence-corrected chi connectivity index (χ3v) is 2.87. The van der Waals surface area contributed by atoms with Gasteiger partial charge in [-0.2, -0.15) is 0 Å². The lowest BCUT2D eigenvalue weighted by Crippen LogP contribution is -2.12. The maximum absolute atomic E-state index is 11.2. The van der Waals surface area contributed by atoms with Gasteiger partial charge in [0.05, 0.1) is 0 Å². The molecule has 2 rings (SSSR count). The molecule has 21 heavy (non-hydrogen) atoms. The molecular weight excluding hydrogens is 264 g/mol. The topological polar surface area (TPSA) is 35.5 Å². The lowest BCUT2D eigenvalue weighted by molar-refractivity contribution is -0.139. The third kappa shape index (κ3) is 4.49. The highest BCUT2D eigenvalue weighted by Crippen LogP contribution is 2.23. The van der Waals surface area contributed by atoms with Gasteiger partial charge in [0.2, 0.25) is 0 Å². The third-order valence-electron chi connectivity index (χ3n) is 2.87. The van der Waals surface area contributed by atoms with E-state index in [1.807, 2.05) is 54.6 Å². The summed E-state index contributed by atoms with van der Waals surface area (Å²) in [5, 5.41) is 0. The van der Waals surface area contributed by atoms with E-state index in [-0.39, 0.29) is 6.61 Å². The van der Waals surface area contributed by atoms with Gasteiger partial charge in [-0.1, -0.05) is 49.0 Å². The molecule has 0 heterocycles. The lowest BCUT2D eigenvalue weighted by atomic mass is 10.1. The van der Waals surface area contributed by atoms with E-state index in [1.54, 1.807) is 6.92 Å². The molecule has 0 unspecified atom stereocenters. The minimum absolute atomic E-state index is 0.210. The van der Waals surface area contributed by atoms with Gasteiger partial charge < -0.3 is 9.47 Å². The summed E-state index contributed by atoms with van der Waals surface area (Å²) >= 11 is 0. The largest absolute Gasteiger partial charge is 0.490 e. The second-order valence-electron chi connectivity index (χ2n) is 4.66. The molecule has 108 valence electrons. The Bertz CT molecular complexity index is 617. The Morgan fingerprint density at radius 1 is 1.00 bits per heavy atom. The van der Waals surface area contributed by atoms with E-state index in [0.717, 1.165) is 16.9 Å². The van der Waals surface area contributed by atoms with Gasteiger partial charge in [-0.3, -0.25) is 0 Å². The Morgan fingerprint density at radius 2 is 1.71 bits per heavy atom. The molecule has 2 aromatic rings. The van der Waals surface area contributed by atoms with Crippen molar-refractivity contribution in [2.24, 2.45) is 0 Å². The summed E-state index contributed by atoms with van der Waals surface area (Å²) in [5.41, 5.74) is 2.62. The van der Waals surface area contributed by atoms with E-state index in [1.165, 1.54) is 0 Å². The van der Waals surface area contributed by atoms with Crippen LogP contribution in [0.4, 0.5) is 0 Å². The lowest BCUT2D eigenvalue weighted by Gasteiger charge is -2.09. The van der Waals surface area contributed by atoms with Crippen molar-refractivity contribution in [2.45, 2.75) is 6.92 Å². The summed E-state index contributed by atoms with van der Waals surface area (Å²) in [6.45, 7) is 5.67. The van der Waals surface area contributed by atoms with Crippen LogP contribution in [0.25, 0.3) is 11.1 Å². The highest BCUT2D eigenvalue weighted by Gasteiger charge is 2.03. The summed E-state index contributed by atoms with van der Waals surface area (Å²) in [5.74, 6) is 0.361. The smallest absolute Gasteiger partial charge is 0.333 e. The van der Waals surface area contributed by atoms with Gasteiger partial charge >= 0.3 is 5.97 Å². The molecule has 0 spiro atoms. The number of esters is 1. The standard InChI is InChI=1S/C18H18O3/c1-14(2)18(19)21-12-11-20-17-10-6-9-16(13-17)15-7-4-3-5-8-15/h3-10,13H,1,11-12H2,2H3. The first-order chi connectivity index (χ1) is 10.2. The summed E-state index contributed by atoms with van der Waals surface area (Å²) in [6, 6.07) is 17.9. The van der Waals surface area contributed by atoms with Crippen molar-refractivity contribution >= 4 is 5.97 Å². The van der Waals surface area contributed by atoms with Crippen LogP contribution in [-0.4, -0.2) is 19.2 Å². The maximum atomic E-state index is 11.2. The number of hydrogen-bond acceptors (Lipinski definition) is 3. The van der Waals surface area contributed by atoms with Gasteiger partial charge in [0.25, 0.3) is 0 Å². The SMILES string of the molecule is C=C(C)C(=O)OCCOc1cccc(-c2ccccc2)c1. The van der Waals surface area contributed by atoms with E-state index in [4.69, 9.17) is 9.47 Å². The molecule has 2 aromatic carbocycles. The zero-order valence-corrected chi connectivity index (χ0v) is 12.0. The predicted octanol–water partition coefficient (Wildman–Crippen LogP) is 3.85. The Balaban J connectivity index is 1.90. The first kappa shape index (κ1) is 14.9. The van der Waals surface area contributed by atoms with Gasteiger partial charge in [-0.15, -0.1) is 0 Å². The molecule has 0 N–H and O–H groups in total. The molecule has 3 heteroatoms. The molecule has 0 bridgehead atoms. The molecular formula is C18H18O3. The van der Waals surface area contributed by atoms with Crippen molar-refractivity contribution < 1.29 is 14.3 Å². The molecule has 0 amide bonds. The predicted molar refractivity (Wildman–Crippen MR) is 83.1 cm³/mol. The van der Waals surface area contributed by atoms with E-state index in [2.05, 4.69) is 6.58 Å². The number of rotatable bonds is 6. The normalized spacial score (nSPS) is 9.95. The average molecular weight is 282 g/mol. The first-order valence-corrected chi connectivity index (χ1v) is 6.78. The van der Waals surface area contributed by atoms with Crippen LogP contribution >= 0.6 is 0 Å². The zero-order valence-electron chi connectivity index (χ0n) is 12.0. The van der Waals surface area contributed by atoms with Crippen molar-refractivity contribution in [1.82, 2.24) is 0 Å². The fraction of sp³-hybridized carbons (Fsp3) is 0.167. The number of hydrogen-bond donors (Lipinski definition) is 0. The second kappa shape index (κ2) is 7.29. The molecule has 0 aliphatic rings. The highest BCUT2D eigenvalue weighted by molar-refractivity contribution is 5.86. The fourth-order valence-corrected chi connectivity index (χ4v) is 1.81. The van der Waals surface area contributed by atoms with E-state index < -0.39 is 5.97 Å². The molecule has 0 aliphatic carbocycles. The Hall–Kier alpha value is -2.55. The number of benzene rings is 2. The molecule has 3 nitrogen and oxygen atoms in total. The molecule has 0 atom stereocenters. The minimum Gasteiger partial charge on any atom is -0.490 e. The average Bonchev–Trinajstić information content (AvgIpc) is 2.52. The molecule has 0 aromatic heterocycles. The summed E-state index contributed by atoms with van der Waals surface area (Å²) < 4.78 is 10.6. The fourth-order valence-electron chi connectivity index (χ4n) is 1.81. The maximum Gasteiger partial charge on any atom is 0.333 e. The molecule has 0 saturated carbocycles. The molecule has 0 aliphatic heterocycles. The Labute approximate surface area is 124 Å². The van der Waals surface area contributed by atoms with Crippen molar-refractivity contribution in [3.05, 3.63) is 66.7 Å². The molecule has 0 saturated heterocycles. The first-order valence-electron chi connectivity index (χ1n) is 6.78. The summed E-state index contributed by atoms with van der Waals surface area (Å²) in [7, 11) is 0. The van der Waals surface area contributed by atoms with Gasteiger partial charge in [0, 0.05) is 5.57 Å². The van der Waals surface area contributed by atoms with Crippen LogP contribution in [0.3, 0.4) is 0 Å². The van der Waals surface area contributed by atoms with Crippen LogP contribution in [0.5, 0.6) is 5.75 Å². The minimum atomic E-state index is -0.392. The van der Waals surface area contributed by atoms with Crippen LogP contribution in [0.2, 0.25) is 0 Å². The Morgan fingerprint density at radius 3 is 2.43 bits per heavy atom. The highest BCUT2D eigenvalue weighted by atomic mass is 16.6. The summed E-state index contributed by atoms with van der Waals surface area (Å²) in [6.07, 6.45) is 0. The van der Waals surface area contributed by atoms with Gasteiger partial charge in [-0.05, 0) is 30.2 Å². The number of carbonyl (C=O) groups is 1. The quantitative estimate of drug-likeness (QED) is 0.458. The number of ether oxygens (including phenoxy) is 2. The van der Waals surface area contributed by atoms with Crippen molar-refractivity contribution in [3.63, 3.8) is 0 Å². The van der Waals surface area contributed by atoms with Crippen molar-refractivity contribution in [3.8, 4) is 16.9 Å². The number of carbonyl (C=O) groups excluding carboxylic acids is 1. The molecule has 0 radical (unpaired) electrons. The van der Waals surface area contributed by atoms with E-state index in [0.29, 0.717) is 12.2 Å².